The Balaban J connectivity index is 1.66. The van der Waals surface area contributed by atoms with Crippen LogP contribution >= 0.6 is 11.6 Å². The van der Waals surface area contributed by atoms with Crippen molar-refractivity contribution in [2.45, 2.75) is 0 Å². The van der Waals surface area contributed by atoms with Crippen molar-refractivity contribution in [1.82, 2.24) is 4.98 Å². The number of carbonyl (C=O) groups is 1. The quantitative estimate of drug-likeness (QED) is 0.688. The van der Waals surface area contributed by atoms with Crippen LogP contribution in [0.4, 0.5) is 26.0 Å². The molecule has 3 rings (SSSR count). The van der Waals surface area contributed by atoms with E-state index in [0.29, 0.717) is 22.8 Å². The summed E-state index contributed by atoms with van der Waals surface area (Å²) in [7, 11) is 0. The second-order valence-electron chi connectivity index (χ2n) is 5.15. The fourth-order valence-corrected chi connectivity index (χ4v) is 2.25. The van der Waals surface area contributed by atoms with E-state index in [2.05, 4.69) is 15.6 Å². The zero-order valence-electron chi connectivity index (χ0n) is 12.8. The van der Waals surface area contributed by atoms with Gasteiger partial charge in [0.25, 0.3) is 5.91 Å². The average Bonchev–Trinajstić information content (AvgIpc) is 2.60. The Morgan fingerprint density at radius 2 is 1.68 bits per heavy atom. The molecule has 0 radical (unpaired) electrons. The van der Waals surface area contributed by atoms with Gasteiger partial charge in [0.1, 0.15) is 17.5 Å². The number of anilines is 3. The number of pyridine rings is 1. The lowest BCUT2D eigenvalue weighted by Gasteiger charge is -2.08. The molecular formula is C18H12ClF2N3O. The second kappa shape index (κ2) is 7.27. The minimum absolute atomic E-state index is 0.0149. The first-order valence-corrected chi connectivity index (χ1v) is 7.64. The van der Waals surface area contributed by atoms with Gasteiger partial charge in [-0.2, -0.15) is 0 Å². The van der Waals surface area contributed by atoms with Gasteiger partial charge in [-0.25, -0.2) is 13.8 Å². The van der Waals surface area contributed by atoms with Crippen molar-refractivity contribution in [1.29, 1.82) is 0 Å². The highest BCUT2D eigenvalue weighted by Gasteiger charge is 2.07. The van der Waals surface area contributed by atoms with E-state index < -0.39 is 17.5 Å². The summed E-state index contributed by atoms with van der Waals surface area (Å²) in [6, 6.07) is 12.8. The van der Waals surface area contributed by atoms with Crippen LogP contribution in [0.1, 0.15) is 10.4 Å². The second-order valence-corrected chi connectivity index (χ2v) is 5.55. The van der Waals surface area contributed by atoms with Crippen LogP contribution < -0.4 is 10.6 Å². The van der Waals surface area contributed by atoms with Gasteiger partial charge in [-0.1, -0.05) is 11.6 Å². The summed E-state index contributed by atoms with van der Waals surface area (Å²) in [4.78, 5) is 16.2. The number of halogens is 3. The zero-order valence-corrected chi connectivity index (χ0v) is 13.5. The van der Waals surface area contributed by atoms with Crippen molar-refractivity contribution in [3.05, 3.63) is 83.0 Å². The molecule has 1 amide bonds. The predicted molar refractivity (Wildman–Crippen MR) is 93.3 cm³/mol. The number of hydrogen-bond acceptors (Lipinski definition) is 3. The summed E-state index contributed by atoms with van der Waals surface area (Å²) in [5.41, 5.74) is 1.57. The molecule has 7 heteroatoms. The van der Waals surface area contributed by atoms with E-state index in [1.165, 1.54) is 42.6 Å². The summed E-state index contributed by atoms with van der Waals surface area (Å²) < 4.78 is 26.0. The Morgan fingerprint density at radius 1 is 0.960 bits per heavy atom. The SMILES string of the molecule is O=C(Nc1ccc(Nc2ccc(F)c(Cl)c2)cn1)c1ccc(F)cc1. The summed E-state index contributed by atoms with van der Waals surface area (Å²) in [6.45, 7) is 0. The first-order chi connectivity index (χ1) is 12.0. The third-order valence-electron chi connectivity index (χ3n) is 3.32. The van der Waals surface area contributed by atoms with Gasteiger partial charge >= 0.3 is 0 Å². The number of benzene rings is 2. The fourth-order valence-electron chi connectivity index (χ4n) is 2.07. The molecule has 126 valence electrons. The molecule has 4 nitrogen and oxygen atoms in total. The number of carbonyl (C=O) groups excluding carboxylic acids is 1. The Bertz CT molecular complexity index is 899. The van der Waals surface area contributed by atoms with Crippen LogP contribution in [0.2, 0.25) is 5.02 Å². The van der Waals surface area contributed by atoms with Crippen LogP contribution in [0.25, 0.3) is 0 Å². The van der Waals surface area contributed by atoms with Crippen molar-refractivity contribution in [2.75, 3.05) is 10.6 Å². The summed E-state index contributed by atoms with van der Waals surface area (Å²) >= 11 is 5.73. The Labute approximate surface area is 147 Å². The molecule has 0 fully saturated rings. The lowest BCUT2D eigenvalue weighted by molar-refractivity contribution is 0.102. The van der Waals surface area contributed by atoms with Crippen molar-refractivity contribution >= 4 is 34.7 Å². The molecule has 0 atom stereocenters. The minimum Gasteiger partial charge on any atom is -0.354 e. The molecule has 2 aromatic carbocycles. The average molecular weight is 360 g/mol. The molecule has 2 N–H and O–H groups in total. The predicted octanol–water partition coefficient (Wildman–Crippen LogP) is 5.01. The van der Waals surface area contributed by atoms with Crippen molar-refractivity contribution in [3.63, 3.8) is 0 Å². The van der Waals surface area contributed by atoms with Gasteiger partial charge in [-0.05, 0) is 54.6 Å². The molecule has 0 aliphatic heterocycles. The van der Waals surface area contributed by atoms with Gasteiger partial charge in [-0.15, -0.1) is 0 Å². The maximum absolute atomic E-state index is 13.1. The lowest BCUT2D eigenvalue weighted by Crippen LogP contribution is -2.12. The standard InChI is InChI=1S/C18H12ClF2N3O/c19-15-9-13(5-7-16(15)21)23-14-6-8-17(22-10-14)24-18(25)11-1-3-12(20)4-2-11/h1-10,23H,(H,22,24,25). The molecule has 25 heavy (non-hydrogen) atoms. The van der Waals surface area contributed by atoms with Gasteiger partial charge in [-0.3, -0.25) is 4.79 Å². The van der Waals surface area contributed by atoms with E-state index in [1.807, 2.05) is 0 Å². The maximum atomic E-state index is 13.1. The van der Waals surface area contributed by atoms with Crippen LogP contribution in [-0.2, 0) is 0 Å². The molecule has 0 unspecified atom stereocenters. The Morgan fingerprint density at radius 3 is 2.32 bits per heavy atom. The summed E-state index contributed by atoms with van der Waals surface area (Å²) in [5.74, 6) is -0.953. The van der Waals surface area contributed by atoms with Crippen LogP contribution in [0.3, 0.4) is 0 Å². The molecule has 0 aliphatic carbocycles. The molecule has 3 aromatic rings. The third kappa shape index (κ3) is 4.30. The first-order valence-electron chi connectivity index (χ1n) is 7.26. The van der Waals surface area contributed by atoms with Crippen molar-refractivity contribution in [2.24, 2.45) is 0 Å². The van der Waals surface area contributed by atoms with Crippen molar-refractivity contribution < 1.29 is 13.6 Å². The minimum atomic E-state index is -0.496. The molecule has 0 saturated carbocycles. The monoisotopic (exact) mass is 359 g/mol. The van der Waals surface area contributed by atoms with Crippen LogP contribution in [-0.4, -0.2) is 10.9 Å². The van der Waals surface area contributed by atoms with Gasteiger partial charge in [0.2, 0.25) is 0 Å². The molecule has 0 bridgehead atoms. The van der Waals surface area contributed by atoms with Crippen LogP contribution in [0.5, 0.6) is 0 Å². The molecule has 0 aliphatic rings. The lowest BCUT2D eigenvalue weighted by atomic mass is 10.2. The number of nitrogens with one attached hydrogen (secondary N) is 2. The topological polar surface area (TPSA) is 54.0 Å². The van der Waals surface area contributed by atoms with Gasteiger partial charge in [0, 0.05) is 11.3 Å². The summed E-state index contributed by atoms with van der Waals surface area (Å²) in [5, 5.41) is 5.65. The largest absolute Gasteiger partial charge is 0.354 e. The Kier molecular flexibility index (Phi) is 4.90. The smallest absolute Gasteiger partial charge is 0.256 e. The molecule has 1 heterocycles. The van der Waals surface area contributed by atoms with Crippen LogP contribution in [0, 0.1) is 11.6 Å². The normalized spacial score (nSPS) is 10.4. The highest BCUT2D eigenvalue weighted by Crippen LogP contribution is 2.23. The van der Waals surface area contributed by atoms with E-state index in [1.54, 1.807) is 18.2 Å². The number of aromatic nitrogens is 1. The van der Waals surface area contributed by atoms with E-state index in [4.69, 9.17) is 11.6 Å². The molecular weight excluding hydrogens is 348 g/mol. The zero-order chi connectivity index (χ0) is 17.8. The van der Waals surface area contributed by atoms with E-state index in [-0.39, 0.29) is 5.02 Å². The third-order valence-corrected chi connectivity index (χ3v) is 3.61. The number of nitrogens with zero attached hydrogens (tertiary/aromatic N) is 1. The first kappa shape index (κ1) is 16.9. The number of amides is 1. The molecule has 0 saturated heterocycles. The van der Waals surface area contributed by atoms with Gasteiger partial charge in [0.05, 0.1) is 16.9 Å². The summed E-state index contributed by atoms with van der Waals surface area (Å²) in [6.07, 6.45) is 1.51. The maximum Gasteiger partial charge on any atom is 0.256 e. The van der Waals surface area contributed by atoms with Gasteiger partial charge in [0.15, 0.2) is 0 Å². The molecule has 1 aromatic heterocycles. The van der Waals surface area contributed by atoms with Gasteiger partial charge < -0.3 is 10.6 Å². The molecule has 0 spiro atoms. The van der Waals surface area contributed by atoms with Crippen LogP contribution in [0.15, 0.2) is 60.8 Å². The van der Waals surface area contributed by atoms with E-state index in [9.17, 15) is 13.6 Å². The Hall–Kier alpha value is -2.99. The van der Waals surface area contributed by atoms with Crippen molar-refractivity contribution in [3.8, 4) is 0 Å². The van der Waals surface area contributed by atoms with E-state index in [0.717, 1.165) is 0 Å². The number of rotatable bonds is 4. The number of hydrogen-bond donors (Lipinski definition) is 2. The fraction of sp³-hybridized carbons (Fsp3) is 0. The van der Waals surface area contributed by atoms with E-state index >= 15 is 0 Å². The highest BCUT2D eigenvalue weighted by molar-refractivity contribution is 6.31. The highest BCUT2D eigenvalue weighted by atomic mass is 35.5.